The lowest BCUT2D eigenvalue weighted by Crippen LogP contribution is -2.09. The van der Waals surface area contributed by atoms with Gasteiger partial charge in [0.2, 0.25) is 5.95 Å². The number of aryl methyl sites for hydroxylation is 1. The Hall–Kier alpha value is -2.17. The van der Waals surface area contributed by atoms with Gasteiger partial charge in [0.05, 0.1) is 6.20 Å². The first-order valence-corrected chi connectivity index (χ1v) is 6.91. The Labute approximate surface area is 119 Å². The van der Waals surface area contributed by atoms with Gasteiger partial charge in [-0.15, -0.1) is 5.10 Å². The van der Waals surface area contributed by atoms with Gasteiger partial charge >= 0.3 is 0 Å². The molecule has 1 aromatic heterocycles. The smallest absolute Gasteiger partial charge is 0.244 e. The predicted molar refractivity (Wildman–Crippen MR) is 82.2 cm³/mol. The molecule has 0 aliphatic heterocycles. The van der Waals surface area contributed by atoms with Crippen LogP contribution >= 0.6 is 0 Å². The number of hydrogen-bond acceptors (Lipinski definition) is 5. The van der Waals surface area contributed by atoms with Crippen LogP contribution in [-0.2, 0) is 0 Å². The number of nitrogens with one attached hydrogen (secondary N) is 2. The molecular weight excluding hydrogens is 250 g/mol. The Morgan fingerprint density at radius 3 is 2.85 bits per heavy atom. The molecule has 20 heavy (non-hydrogen) atoms. The molecule has 0 amide bonds. The van der Waals surface area contributed by atoms with E-state index in [0.29, 0.717) is 17.7 Å². The fourth-order valence-corrected chi connectivity index (χ4v) is 1.78. The van der Waals surface area contributed by atoms with Gasteiger partial charge < -0.3 is 10.6 Å². The van der Waals surface area contributed by atoms with Crippen molar-refractivity contribution in [1.82, 2.24) is 15.2 Å². The van der Waals surface area contributed by atoms with Crippen LogP contribution in [0.2, 0.25) is 0 Å². The van der Waals surface area contributed by atoms with Crippen molar-refractivity contribution in [2.75, 3.05) is 17.2 Å². The molecule has 0 aliphatic rings. The highest BCUT2D eigenvalue weighted by atomic mass is 15.3. The van der Waals surface area contributed by atoms with Crippen molar-refractivity contribution in [2.45, 2.75) is 27.2 Å². The van der Waals surface area contributed by atoms with Crippen LogP contribution in [0.4, 0.5) is 17.5 Å². The molecule has 1 heterocycles. The number of aromatic nitrogens is 3. The zero-order chi connectivity index (χ0) is 14.4. The van der Waals surface area contributed by atoms with Crippen LogP contribution in [0.1, 0.15) is 25.8 Å². The van der Waals surface area contributed by atoms with Crippen LogP contribution < -0.4 is 10.6 Å². The highest BCUT2D eigenvalue weighted by Gasteiger charge is 2.01. The van der Waals surface area contributed by atoms with Crippen molar-refractivity contribution >= 4 is 17.5 Å². The fourth-order valence-electron chi connectivity index (χ4n) is 1.78. The standard InChI is InChI=1S/C15H21N5/c1-11(2)7-8-16-15-19-14(10-17-20-15)18-13-6-4-5-12(3)9-13/h4-6,9-11H,7-8H2,1-3H3,(H2,16,18,19,20). The molecule has 0 spiro atoms. The molecule has 2 N–H and O–H groups in total. The lowest BCUT2D eigenvalue weighted by atomic mass is 10.1. The van der Waals surface area contributed by atoms with Crippen LogP contribution in [0.25, 0.3) is 0 Å². The number of benzene rings is 1. The second kappa shape index (κ2) is 6.84. The Balaban J connectivity index is 1.99. The first-order valence-electron chi connectivity index (χ1n) is 6.91. The first kappa shape index (κ1) is 14.2. The van der Waals surface area contributed by atoms with Crippen molar-refractivity contribution in [2.24, 2.45) is 5.92 Å². The third kappa shape index (κ3) is 4.50. The van der Waals surface area contributed by atoms with E-state index in [9.17, 15) is 0 Å². The fraction of sp³-hybridized carbons (Fsp3) is 0.400. The van der Waals surface area contributed by atoms with E-state index in [0.717, 1.165) is 18.7 Å². The van der Waals surface area contributed by atoms with Gasteiger partial charge in [0.25, 0.3) is 0 Å². The summed E-state index contributed by atoms with van der Waals surface area (Å²) < 4.78 is 0. The molecule has 5 heteroatoms. The molecule has 0 aliphatic carbocycles. The molecule has 0 fully saturated rings. The van der Waals surface area contributed by atoms with Gasteiger partial charge in [-0.1, -0.05) is 26.0 Å². The second-order valence-corrected chi connectivity index (χ2v) is 5.27. The molecule has 0 bridgehead atoms. The topological polar surface area (TPSA) is 62.7 Å². The SMILES string of the molecule is Cc1cccc(Nc2cnnc(NCCC(C)C)n2)c1. The summed E-state index contributed by atoms with van der Waals surface area (Å²) in [4.78, 5) is 4.40. The summed E-state index contributed by atoms with van der Waals surface area (Å²) in [5.74, 6) is 1.91. The number of nitrogens with zero attached hydrogens (tertiary/aromatic N) is 3. The van der Waals surface area contributed by atoms with E-state index in [1.807, 2.05) is 12.1 Å². The van der Waals surface area contributed by atoms with Crippen molar-refractivity contribution in [3.63, 3.8) is 0 Å². The number of anilines is 3. The molecule has 0 saturated carbocycles. The molecule has 5 nitrogen and oxygen atoms in total. The summed E-state index contributed by atoms with van der Waals surface area (Å²) in [5.41, 5.74) is 2.20. The van der Waals surface area contributed by atoms with Gasteiger partial charge in [0, 0.05) is 12.2 Å². The number of rotatable bonds is 6. The zero-order valence-corrected chi connectivity index (χ0v) is 12.2. The van der Waals surface area contributed by atoms with Crippen molar-refractivity contribution in [3.05, 3.63) is 36.0 Å². The molecule has 0 saturated heterocycles. The predicted octanol–water partition coefficient (Wildman–Crippen LogP) is 3.38. The van der Waals surface area contributed by atoms with E-state index in [-0.39, 0.29) is 0 Å². The summed E-state index contributed by atoms with van der Waals surface area (Å²) in [6.07, 6.45) is 2.70. The third-order valence-electron chi connectivity index (χ3n) is 2.85. The van der Waals surface area contributed by atoms with Crippen LogP contribution in [0.3, 0.4) is 0 Å². The summed E-state index contributed by atoms with van der Waals surface area (Å²) in [5, 5.41) is 14.4. The molecule has 0 radical (unpaired) electrons. The molecule has 2 aromatic rings. The quantitative estimate of drug-likeness (QED) is 0.843. The molecular formula is C15H21N5. The van der Waals surface area contributed by atoms with Crippen LogP contribution in [0, 0.1) is 12.8 Å². The van der Waals surface area contributed by atoms with E-state index < -0.39 is 0 Å². The largest absolute Gasteiger partial charge is 0.353 e. The zero-order valence-electron chi connectivity index (χ0n) is 12.2. The highest BCUT2D eigenvalue weighted by molar-refractivity contribution is 5.56. The third-order valence-corrected chi connectivity index (χ3v) is 2.85. The van der Waals surface area contributed by atoms with Gasteiger partial charge in [-0.05, 0) is 37.0 Å². The highest BCUT2D eigenvalue weighted by Crippen LogP contribution is 2.15. The normalized spacial score (nSPS) is 10.6. The molecule has 2 rings (SSSR count). The van der Waals surface area contributed by atoms with Gasteiger partial charge in [0.15, 0.2) is 5.82 Å². The Morgan fingerprint density at radius 1 is 1.25 bits per heavy atom. The van der Waals surface area contributed by atoms with Crippen molar-refractivity contribution < 1.29 is 0 Å². The molecule has 0 atom stereocenters. The molecule has 0 unspecified atom stereocenters. The molecule has 106 valence electrons. The maximum atomic E-state index is 4.40. The average Bonchev–Trinajstić information content (AvgIpc) is 2.39. The lowest BCUT2D eigenvalue weighted by molar-refractivity contribution is 0.605. The van der Waals surface area contributed by atoms with E-state index in [2.05, 4.69) is 58.7 Å². The Bertz CT molecular complexity index is 553. The van der Waals surface area contributed by atoms with Crippen LogP contribution in [0.5, 0.6) is 0 Å². The summed E-state index contributed by atoms with van der Waals surface area (Å²) in [7, 11) is 0. The second-order valence-electron chi connectivity index (χ2n) is 5.27. The lowest BCUT2D eigenvalue weighted by Gasteiger charge is -2.09. The van der Waals surface area contributed by atoms with Crippen LogP contribution in [0.15, 0.2) is 30.5 Å². The Kier molecular flexibility index (Phi) is 4.87. The van der Waals surface area contributed by atoms with Gasteiger partial charge in [-0.2, -0.15) is 10.1 Å². The first-order chi connectivity index (χ1) is 9.63. The van der Waals surface area contributed by atoms with Gasteiger partial charge in [-0.25, -0.2) is 0 Å². The number of hydrogen-bond donors (Lipinski definition) is 2. The minimum atomic E-state index is 0.559. The van der Waals surface area contributed by atoms with Crippen molar-refractivity contribution in [3.8, 4) is 0 Å². The minimum Gasteiger partial charge on any atom is -0.353 e. The Morgan fingerprint density at radius 2 is 2.10 bits per heavy atom. The maximum Gasteiger partial charge on any atom is 0.244 e. The van der Waals surface area contributed by atoms with E-state index in [1.54, 1.807) is 6.20 Å². The summed E-state index contributed by atoms with van der Waals surface area (Å²) >= 11 is 0. The maximum absolute atomic E-state index is 4.40. The average molecular weight is 271 g/mol. The van der Waals surface area contributed by atoms with Crippen molar-refractivity contribution in [1.29, 1.82) is 0 Å². The summed E-state index contributed by atoms with van der Waals surface area (Å²) in [6.45, 7) is 7.29. The molecule has 1 aromatic carbocycles. The van der Waals surface area contributed by atoms with E-state index in [1.165, 1.54) is 5.56 Å². The minimum absolute atomic E-state index is 0.559. The van der Waals surface area contributed by atoms with E-state index in [4.69, 9.17) is 0 Å². The van der Waals surface area contributed by atoms with E-state index >= 15 is 0 Å². The summed E-state index contributed by atoms with van der Waals surface area (Å²) in [6, 6.07) is 8.13. The monoisotopic (exact) mass is 271 g/mol. The van der Waals surface area contributed by atoms with Gasteiger partial charge in [-0.3, -0.25) is 0 Å². The van der Waals surface area contributed by atoms with Gasteiger partial charge in [0.1, 0.15) is 0 Å². The van der Waals surface area contributed by atoms with Crippen LogP contribution in [-0.4, -0.2) is 21.7 Å².